The fourth-order valence-corrected chi connectivity index (χ4v) is 3.29. The number of carbonyl (C=O) groups excluding carboxylic acids is 2. The molecule has 2 aliphatic heterocycles. The lowest BCUT2D eigenvalue weighted by Crippen LogP contribution is -2.42. The summed E-state index contributed by atoms with van der Waals surface area (Å²) in [5.41, 5.74) is -0.373. The van der Waals surface area contributed by atoms with Crippen LogP contribution in [-0.2, 0) is 11.0 Å². The Bertz CT molecular complexity index is 680. The molecular weight excluding hydrogens is 339 g/mol. The summed E-state index contributed by atoms with van der Waals surface area (Å²) in [5, 5.41) is 12.4. The smallest absolute Gasteiger partial charge is 0.392 e. The zero-order valence-corrected chi connectivity index (χ0v) is 13.3. The lowest BCUT2D eigenvalue weighted by atomic mass is 10.0. The van der Waals surface area contributed by atoms with Gasteiger partial charge in [0.2, 0.25) is 5.91 Å². The second-order valence-corrected chi connectivity index (χ2v) is 6.24. The first-order chi connectivity index (χ1) is 11.8. The Labute approximate surface area is 142 Å². The molecule has 2 fully saturated rings. The number of nitrogens with one attached hydrogen (secondary N) is 1. The predicted molar refractivity (Wildman–Crippen MR) is 81.5 cm³/mol. The number of alkyl halides is 3. The predicted octanol–water partition coefficient (Wildman–Crippen LogP) is 1.36. The van der Waals surface area contributed by atoms with E-state index in [2.05, 4.69) is 5.32 Å². The summed E-state index contributed by atoms with van der Waals surface area (Å²) < 4.78 is 38.8. The molecule has 136 valence electrons. The summed E-state index contributed by atoms with van der Waals surface area (Å²) >= 11 is 0. The molecule has 0 radical (unpaired) electrons. The first-order valence-electron chi connectivity index (χ1n) is 7.93. The van der Waals surface area contributed by atoms with E-state index < -0.39 is 35.8 Å². The van der Waals surface area contributed by atoms with E-state index in [1.54, 1.807) is 11.0 Å². The highest BCUT2D eigenvalue weighted by atomic mass is 19.4. The summed E-state index contributed by atoms with van der Waals surface area (Å²) in [5.74, 6) is -0.430. The van der Waals surface area contributed by atoms with Gasteiger partial charge in [0.1, 0.15) is 0 Å². The van der Waals surface area contributed by atoms with Crippen molar-refractivity contribution in [2.45, 2.75) is 24.7 Å². The molecule has 2 atom stereocenters. The van der Waals surface area contributed by atoms with E-state index in [4.69, 9.17) is 0 Å². The molecule has 1 aromatic rings. The van der Waals surface area contributed by atoms with Gasteiger partial charge in [0.05, 0.1) is 18.2 Å². The number of β-amino-alcohol motifs (C(OH)–C–C–N with tert-alkyl or cyclic N) is 1. The lowest BCUT2D eigenvalue weighted by molar-refractivity contribution is -0.137. The summed E-state index contributed by atoms with van der Waals surface area (Å²) in [7, 11) is 0. The number of rotatable bonds is 3. The Morgan fingerprint density at radius 3 is 2.76 bits per heavy atom. The largest absolute Gasteiger partial charge is 0.416 e. The third-order valence-corrected chi connectivity index (χ3v) is 4.48. The average Bonchev–Trinajstić information content (AvgIpc) is 3.12. The molecule has 2 N–H and O–H groups in total. The molecule has 0 aromatic heterocycles. The molecule has 3 rings (SSSR count). The van der Waals surface area contributed by atoms with Gasteiger partial charge in [-0.3, -0.25) is 14.6 Å². The maximum Gasteiger partial charge on any atom is 0.416 e. The van der Waals surface area contributed by atoms with Crippen LogP contribution >= 0.6 is 0 Å². The number of carbonyl (C=O) groups is 2. The molecular formula is C16H18F3N3O3. The number of imide groups is 1. The van der Waals surface area contributed by atoms with Crippen LogP contribution in [0.3, 0.4) is 0 Å². The van der Waals surface area contributed by atoms with E-state index in [-0.39, 0.29) is 26.1 Å². The Morgan fingerprint density at radius 1 is 1.36 bits per heavy atom. The molecule has 2 heterocycles. The SMILES string of the molecule is O=C(CN1C[C@@H](O)C[C@H]1c1cccc(C(F)(F)F)c1)N1CCNC1=O. The molecule has 1 aromatic carbocycles. The van der Waals surface area contributed by atoms with Crippen LogP contribution in [0, 0.1) is 0 Å². The Hall–Kier alpha value is -2.13. The Kier molecular flexibility index (Phi) is 4.70. The second-order valence-electron chi connectivity index (χ2n) is 6.24. The lowest BCUT2D eigenvalue weighted by Gasteiger charge is -2.26. The Morgan fingerprint density at radius 2 is 2.12 bits per heavy atom. The van der Waals surface area contributed by atoms with Gasteiger partial charge in [-0.15, -0.1) is 0 Å². The van der Waals surface area contributed by atoms with Gasteiger partial charge in [0.25, 0.3) is 0 Å². The number of amides is 3. The Balaban J connectivity index is 1.78. The number of aliphatic hydroxyl groups excluding tert-OH is 1. The number of benzene rings is 1. The quantitative estimate of drug-likeness (QED) is 0.857. The van der Waals surface area contributed by atoms with Crippen LogP contribution in [0.25, 0.3) is 0 Å². The van der Waals surface area contributed by atoms with Crippen molar-refractivity contribution in [3.8, 4) is 0 Å². The van der Waals surface area contributed by atoms with E-state index in [0.717, 1.165) is 17.0 Å². The highest BCUT2D eigenvalue weighted by Crippen LogP contribution is 2.36. The van der Waals surface area contributed by atoms with Gasteiger partial charge in [0, 0.05) is 25.7 Å². The minimum atomic E-state index is -4.46. The van der Waals surface area contributed by atoms with Crippen molar-refractivity contribution in [2.24, 2.45) is 0 Å². The van der Waals surface area contributed by atoms with Crippen molar-refractivity contribution in [3.63, 3.8) is 0 Å². The standard InChI is InChI=1S/C16H18F3N3O3/c17-16(18,19)11-3-1-2-10(6-11)13-7-12(23)8-21(13)9-14(24)22-5-4-20-15(22)25/h1-3,6,12-13,23H,4-5,7-9H2,(H,20,25)/t12-,13-/m0/s1. The maximum absolute atomic E-state index is 12.9. The zero-order valence-electron chi connectivity index (χ0n) is 13.3. The molecule has 0 spiro atoms. The van der Waals surface area contributed by atoms with Gasteiger partial charge in [-0.25, -0.2) is 4.79 Å². The van der Waals surface area contributed by atoms with Gasteiger partial charge in [-0.05, 0) is 24.1 Å². The molecule has 0 aliphatic carbocycles. The minimum absolute atomic E-state index is 0.134. The molecule has 9 heteroatoms. The van der Waals surface area contributed by atoms with Crippen molar-refractivity contribution in [3.05, 3.63) is 35.4 Å². The fourth-order valence-electron chi connectivity index (χ4n) is 3.29. The number of aliphatic hydroxyl groups is 1. The molecule has 2 saturated heterocycles. The number of nitrogens with zero attached hydrogens (tertiary/aromatic N) is 2. The first-order valence-corrected chi connectivity index (χ1v) is 7.93. The fraction of sp³-hybridized carbons (Fsp3) is 0.500. The van der Waals surface area contributed by atoms with Gasteiger partial charge in [-0.1, -0.05) is 12.1 Å². The number of hydrogen-bond acceptors (Lipinski definition) is 4. The number of likely N-dealkylation sites (tertiary alicyclic amines) is 1. The van der Waals surface area contributed by atoms with Gasteiger partial charge >= 0.3 is 12.2 Å². The molecule has 2 aliphatic rings. The van der Waals surface area contributed by atoms with Crippen molar-refractivity contribution < 1.29 is 27.9 Å². The highest BCUT2D eigenvalue weighted by Gasteiger charge is 2.37. The van der Waals surface area contributed by atoms with Crippen molar-refractivity contribution in [2.75, 3.05) is 26.2 Å². The number of hydrogen-bond donors (Lipinski definition) is 2. The third kappa shape index (κ3) is 3.77. The van der Waals surface area contributed by atoms with Crippen LogP contribution in [0.4, 0.5) is 18.0 Å². The molecule has 0 saturated carbocycles. The molecule has 25 heavy (non-hydrogen) atoms. The zero-order chi connectivity index (χ0) is 18.2. The average molecular weight is 357 g/mol. The first kappa shape index (κ1) is 17.7. The monoisotopic (exact) mass is 357 g/mol. The maximum atomic E-state index is 12.9. The summed E-state index contributed by atoms with van der Waals surface area (Å²) in [6.45, 7) is 0.681. The highest BCUT2D eigenvalue weighted by molar-refractivity contribution is 5.96. The van der Waals surface area contributed by atoms with E-state index in [1.165, 1.54) is 6.07 Å². The normalized spacial score (nSPS) is 24.6. The van der Waals surface area contributed by atoms with E-state index in [1.807, 2.05) is 0 Å². The minimum Gasteiger partial charge on any atom is -0.392 e. The summed E-state index contributed by atoms with van der Waals surface area (Å²) in [6, 6.07) is 3.92. The van der Waals surface area contributed by atoms with Gasteiger partial charge < -0.3 is 10.4 Å². The molecule has 0 unspecified atom stereocenters. The van der Waals surface area contributed by atoms with E-state index in [0.29, 0.717) is 12.1 Å². The molecule has 6 nitrogen and oxygen atoms in total. The van der Waals surface area contributed by atoms with Gasteiger partial charge in [-0.2, -0.15) is 13.2 Å². The van der Waals surface area contributed by atoms with Crippen molar-refractivity contribution in [1.82, 2.24) is 15.1 Å². The van der Waals surface area contributed by atoms with Crippen LogP contribution in [0.5, 0.6) is 0 Å². The summed E-state index contributed by atoms with van der Waals surface area (Å²) in [4.78, 5) is 26.5. The third-order valence-electron chi connectivity index (χ3n) is 4.48. The van der Waals surface area contributed by atoms with Crippen molar-refractivity contribution in [1.29, 1.82) is 0 Å². The number of urea groups is 1. The van der Waals surface area contributed by atoms with Gasteiger partial charge in [0.15, 0.2) is 0 Å². The molecule has 0 bridgehead atoms. The topological polar surface area (TPSA) is 72.9 Å². The number of halogens is 3. The van der Waals surface area contributed by atoms with Crippen LogP contribution < -0.4 is 5.32 Å². The second kappa shape index (κ2) is 6.64. The van der Waals surface area contributed by atoms with E-state index in [9.17, 15) is 27.9 Å². The van der Waals surface area contributed by atoms with Crippen molar-refractivity contribution >= 4 is 11.9 Å². The van der Waals surface area contributed by atoms with Crippen LogP contribution in [0.15, 0.2) is 24.3 Å². The van der Waals surface area contributed by atoms with Crippen LogP contribution in [0.2, 0.25) is 0 Å². The molecule has 3 amide bonds. The van der Waals surface area contributed by atoms with Crippen LogP contribution in [-0.4, -0.2) is 59.1 Å². The van der Waals surface area contributed by atoms with E-state index >= 15 is 0 Å². The van der Waals surface area contributed by atoms with Crippen LogP contribution in [0.1, 0.15) is 23.6 Å². The summed E-state index contributed by atoms with van der Waals surface area (Å²) in [6.07, 6.45) is -4.96.